The van der Waals surface area contributed by atoms with E-state index in [1.807, 2.05) is 30.3 Å². The Morgan fingerprint density at radius 3 is 2.28 bits per heavy atom. The van der Waals surface area contributed by atoms with Crippen LogP contribution < -0.4 is 4.74 Å². The number of rotatable bonds is 6. The van der Waals surface area contributed by atoms with Crippen LogP contribution in [0.25, 0.3) is 0 Å². The smallest absolute Gasteiger partial charge is 0.338 e. The summed E-state index contributed by atoms with van der Waals surface area (Å²) in [6.07, 6.45) is 0. The maximum atomic E-state index is 12.1. The van der Waals surface area contributed by atoms with Gasteiger partial charge in [-0.25, -0.2) is 4.79 Å². The highest BCUT2D eigenvalue weighted by Crippen LogP contribution is 2.12. The van der Waals surface area contributed by atoms with Gasteiger partial charge in [-0.15, -0.1) is 0 Å². The Balaban J connectivity index is 1.85. The van der Waals surface area contributed by atoms with Gasteiger partial charge < -0.3 is 14.4 Å². The molecule has 6 heteroatoms. The Morgan fingerprint density at radius 1 is 1.08 bits per heavy atom. The summed E-state index contributed by atoms with van der Waals surface area (Å²) in [5.41, 5.74) is 1.69. The van der Waals surface area contributed by atoms with E-state index in [1.54, 1.807) is 14.2 Å². The molecule has 1 amide bonds. The second-order valence-corrected chi connectivity index (χ2v) is 5.36. The molecule has 0 unspecified atom stereocenters. The van der Waals surface area contributed by atoms with Crippen LogP contribution in [0.3, 0.4) is 0 Å². The summed E-state index contributed by atoms with van der Waals surface area (Å²) in [5.74, 6) is -0.164. The molecule has 2 aromatic rings. The quantitative estimate of drug-likeness (QED) is 0.756. The number of benzene rings is 2. The van der Waals surface area contributed by atoms with E-state index in [4.69, 9.17) is 14.7 Å². The number of carbonyl (C=O) groups excluding carboxylic acids is 2. The van der Waals surface area contributed by atoms with Crippen molar-refractivity contribution in [1.29, 1.82) is 5.26 Å². The van der Waals surface area contributed by atoms with E-state index in [2.05, 4.69) is 0 Å². The molecular weight excluding hydrogens is 320 g/mol. The number of nitrogens with zero attached hydrogens (tertiary/aromatic N) is 2. The summed E-state index contributed by atoms with van der Waals surface area (Å²) in [6, 6.07) is 15.4. The van der Waals surface area contributed by atoms with Crippen LogP contribution in [0, 0.1) is 11.3 Å². The number of nitriles is 1. The fourth-order valence-electron chi connectivity index (χ4n) is 2.09. The largest absolute Gasteiger partial charge is 0.497 e. The summed E-state index contributed by atoms with van der Waals surface area (Å²) < 4.78 is 10.1. The first-order valence-electron chi connectivity index (χ1n) is 7.57. The van der Waals surface area contributed by atoms with Crippen molar-refractivity contribution in [3.05, 3.63) is 65.2 Å². The molecule has 0 saturated carbocycles. The minimum atomic E-state index is -0.601. The standard InChI is InChI=1S/C19H18N2O4/c1-21(12-15-5-9-17(24-2)10-6-15)18(22)13-25-19(23)16-7-3-14(11-20)4-8-16/h3-10H,12-13H2,1-2H3. The normalized spacial score (nSPS) is 9.80. The molecule has 0 radical (unpaired) electrons. The maximum Gasteiger partial charge on any atom is 0.338 e. The Kier molecular flexibility index (Phi) is 6.13. The van der Waals surface area contributed by atoms with Gasteiger partial charge in [-0.05, 0) is 42.0 Å². The van der Waals surface area contributed by atoms with Crippen LogP contribution in [0.1, 0.15) is 21.5 Å². The minimum Gasteiger partial charge on any atom is -0.497 e. The molecule has 2 rings (SSSR count). The van der Waals surface area contributed by atoms with Gasteiger partial charge in [-0.3, -0.25) is 4.79 Å². The zero-order valence-electron chi connectivity index (χ0n) is 14.1. The number of amides is 1. The third kappa shape index (κ3) is 5.08. The van der Waals surface area contributed by atoms with Crippen LogP contribution in [-0.2, 0) is 16.1 Å². The lowest BCUT2D eigenvalue weighted by atomic mass is 10.1. The van der Waals surface area contributed by atoms with E-state index in [0.717, 1.165) is 11.3 Å². The lowest BCUT2D eigenvalue weighted by Gasteiger charge is -2.17. The Labute approximate surface area is 146 Å². The first kappa shape index (κ1) is 18.0. The summed E-state index contributed by atoms with van der Waals surface area (Å²) in [6.45, 7) is 0.0583. The molecule has 0 aromatic heterocycles. The van der Waals surface area contributed by atoms with Gasteiger partial charge in [-0.2, -0.15) is 5.26 Å². The third-order valence-corrected chi connectivity index (χ3v) is 3.58. The van der Waals surface area contributed by atoms with Gasteiger partial charge in [0.1, 0.15) is 5.75 Å². The van der Waals surface area contributed by atoms with E-state index in [-0.39, 0.29) is 12.5 Å². The number of hydrogen-bond donors (Lipinski definition) is 0. The molecule has 0 N–H and O–H groups in total. The molecule has 0 heterocycles. The first-order valence-corrected chi connectivity index (χ1v) is 7.57. The molecule has 6 nitrogen and oxygen atoms in total. The number of methoxy groups -OCH3 is 1. The van der Waals surface area contributed by atoms with Crippen molar-refractivity contribution in [3.63, 3.8) is 0 Å². The molecule has 0 bridgehead atoms. The molecule has 2 aromatic carbocycles. The van der Waals surface area contributed by atoms with Crippen molar-refractivity contribution in [2.24, 2.45) is 0 Å². The fraction of sp³-hybridized carbons (Fsp3) is 0.211. The highest BCUT2D eigenvalue weighted by molar-refractivity contribution is 5.91. The second kappa shape index (κ2) is 8.50. The van der Waals surface area contributed by atoms with E-state index < -0.39 is 5.97 Å². The number of hydrogen-bond acceptors (Lipinski definition) is 5. The highest BCUT2D eigenvalue weighted by atomic mass is 16.5. The van der Waals surface area contributed by atoms with Crippen LogP contribution in [0.2, 0.25) is 0 Å². The molecule has 0 saturated heterocycles. The summed E-state index contributed by atoms with van der Waals surface area (Å²) in [7, 11) is 3.23. The molecule has 25 heavy (non-hydrogen) atoms. The lowest BCUT2D eigenvalue weighted by Crippen LogP contribution is -2.30. The number of likely N-dealkylation sites (N-methyl/N-ethyl adjacent to an activating group) is 1. The molecule has 0 aliphatic rings. The molecule has 128 valence electrons. The molecule has 0 fully saturated rings. The summed E-state index contributed by atoms with van der Waals surface area (Å²) in [4.78, 5) is 25.5. The second-order valence-electron chi connectivity index (χ2n) is 5.36. The minimum absolute atomic E-state index is 0.296. The van der Waals surface area contributed by atoms with Gasteiger partial charge in [0.05, 0.1) is 24.3 Å². The number of ether oxygens (including phenoxy) is 2. The fourth-order valence-corrected chi connectivity index (χ4v) is 2.09. The van der Waals surface area contributed by atoms with Gasteiger partial charge in [0, 0.05) is 13.6 Å². The van der Waals surface area contributed by atoms with Gasteiger partial charge in [0.15, 0.2) is 6.61 Å². The summed E-state index contributed by atoms with van der Waals surface area (Å²) in [5, 5.41) is 8.73. The Bertz CT molecular complexity index is 777. The van der Waals surface area contributed by atoms with Crippen LogP contribution in [0.15, 0.2) is 48.5 Å². The Morgan fingerprint density at radius 2 is 1.72 bits per heavy atom. The van der Waals surface area contributed by atoms with Gasteiger partial charge in [0.25, 0.3) is 5.91 Å². The highest BCUT2D eigenvalue weighted by Gasteiger charge is 2.14. The average molecular weight is 338 g/mol. The van der Waals surface area contributed by atoms with E-state index in [0.29, 0.717) is 17.7 Å². The monoisotopic (exact) mass is 338 g/mol. The van der Waals surface area contributed by atoms with Crippen molar-refractivity contribution in [3.8, 4) is 11.8 Å². The number of carbonyl (C=O) groups is 2. The maximum absolute atomic E-state index is 12.1. The number of esters is 1. The predicted molar refractivity (Wildman–Crippen MR) is 90.9 cm³/mol. The van der Waals surface area contributed by atoms with Gasteiger partial charge in [0.2, 0.25) is 0 Å². The molecule has 0 atom stereocenters. The molecule has 0 aliphatic carbocycles. The van der Waals surface area contributed by atoms with Gasteiger partial charge >= 0.3 is 5.97 Å². The van der Waals surface area contributed by atoms with Crippen LogP contribution in [-0.4, -0.2) is 37.5 Å². The van der Waals surface area contributed by atoms with E-state index in [9.17, 15) is 9.59 Å². The van der Waals surface area contributed by atoms with Crippen LogP contribution >= 0.6 is 0 Å². The van der Waals surface area contributed by atoms with E-state index >= 15 is 0 Å². The lowest BCUT2D eigenvalue weighted by molar-refractivity contribution is -0.133. The predicted octanol–water partition coefficient (Wildman–Crippen LogP) is 2.38. The van der Waals surface area contributed by atoms with Crippen molar-refractivity contribution in [2.75, 3.05) is 20.8 Å². The van der Waals surface area contributed by atoms with Gasteiger partial charge in [-0.1, -0.05) is 12.1 Å². The molecule has 0 aliphatic heterocycles. The Hall–Kier alpha value is -3.33. The first-order chi connectivity index (χ1) is 12.0. The third-order valence-electron chi connectivity index (χ3n) is 3.58. The van der Waals surface area contributed by atoms with Crippen molar-refractivity contribution >= 4 is 11.9 Å². The zero-order chi connectivity index (χ0) is 18.2. The van der Waals surface area contributed by atoms with Crippen molar-refractivity contribution < 1.29 is 19.1 Å². The SMILES string of the molecule is COc1ccc(CN(C)C(=O)COC(=O)c2ccc(C#N)cc2)cc1. The van der Waals surface area contributed by atoms with Crippen LogP contribution in [0.4, 0.5) is 0 Å². The molecular formula is C19H18N2O4. The topological polar surface area (TPSA) is 79.6 Å². The summed E-state index contributed by atoms with van der Waals surface area (Å²) >= 11 is 0. The average Bonchev–Trinajstić information content (AvgIpc) is 2.66. The van der Waals surface area contributed by atoms with Crippen LogP contribution in [0.5, 0.6) is 5.75 Å². The molecule has 0 spiro atoms. The van der Waals surface area contributed by atoms with Crippen molar-refractivity contribution in [2.45, 2.75) is 6.54 Å². The van der Waals surface area contributed by atoms with Crippen molar-refractivity contribution in [1.82, 2.24) is 4.90 Å². The van der Waals surface area contributed by atoms with E-state index in [1.165, 1.54) is 29.2 Å². The zero-order valence-corrected chi connectivity index (χ0v) is 14.1.